The molecule has 1 saturated heterocycles. The molecule has 1 N–H and O–H groups in total. The molecule has 2 atom stereocenters. The third-order valence-corrected chi connectivity index (χ3v) is 3.01. The largest absolute Gasteiger partial charge is 0.375 e. The predicted molar refractivity (Wildman–Crippen MR) is 55.9 cm³/mol. The highest BCUT2D eigenvalue weighted by Gasteiger charge is 2.38. The van der Waals surface area contributed by atoms with E-state index < -0.39 is 5.60 Å². The smallest absolute Gasteiger partial charge is 0.219 e. The first-order chi connectivity index (χ1) is 7.02. The van der Waals surface area contributed by atoms with Gasteiger partial charge < -0.3 is 10.0 Å². The molecule has 1 amide bonds. The van der Waals surface area contributed by atoms with E-state index in [0.29, 0.717) is 19.4 Å². The Morgan fingerprint density at radius 3 is 2.87 bits per heavy atom. The summed E-state index contributed by atoms with van der Waals surface area (Å²) in [6.07, 6.45) is 2.56. The Morgan fingerprint density at radius 1 is 1.73 bits per heavy atom. The minimum absolute atomic E-state index is 0.0194. The maximum atomic E-state index is 11.3. The van der Waals surface area contributed by atoms with Crippen molar-refractivity contribution in [3.63, 3.8) is 0 Å². The lowest BCUT2D eigenvalue weighted by molar-refractivity contribution is -0.135. The lowest BCUT2D eigenvalue weighted by atomic mass is 9.86. The Kier molecular flexibility index (Phi) is 3.70. The van der Waals surface area contributed by atoms with Gasteiger partial charge in [0.05, 0.1) is 6.07 Å². The number of nitrogens with zero attached hydrogens (tertiary/aromatic N) is 2. The standard InChI is InChI=1S/C11H18N2O2/c1-3-4-10-7-11(15,8-12)5-6-13(10)9(2)14/h10,15H,3-7H2,1-2H3. The summed E-state index contributed by atoms with van der Waals surface area (Å²) in [5, 5.41) is 18.7. The third-order valence-electron chi connectivity index (χ3n) is 3.01. The summed E-state index contributed by atoms with van der Waals surface area (Å²) in [5.74, 6) is 0.0356. The molecule has 0 radical (unpaired) electrons. The van der Waals surface area contributed by atoms with Crippen molar-refractivity contribution in [1.29, 1.82) is 5.26 Å². The van der Waals surface area contributed by atoms with Crippen LogP contribution in [0.15, 0.2) is 0 Å². The maximum absolute atomic E-state index is 11.3. The van der Waals surface area contributed by atoms with E-state index in [1.165, 1.54) is 0 Å². The Hall–Kier alpha value is -1.08. The van der Waals surface area contributed by atoms with Gasteiger partial charge in [-0.3, -0.25) is 4.79 Å². The van der Waals surface area contributed by atoms with Crippen LogP contribution >= 0.6 is 0 Å². The van der Waals surface area contributed by atoms with Crippen molar-refractivity contribution >= 4 is 5.91 Å². The van der Waals surface area contributed by atoms with Crippen LogP contribution in [0.1, 0.15) is 39.5 Å². The summed E-state index contributed by atoms with van der Waals surface area (Å²) in [4.78, 5) is 13.1. The zero-order chi connectivity index (χ0) is 11.5. The second-order valence-corrected chi connectivity index (χ2v) is 4.25. The van der Waals surface area contributed by atoms with E-state index in [-0.39, 0.29) is 11.9 Å². The van der Waals surface area contributed by atoms with Crippen LogP contribution in [0.3, 0.4) is 0 Å². The Morgan fingerprint density at radius 2 is 2.40 bits per heavy atom. The van der Waals surface area contributed by atoms with Crippen molar-refractivity contribution in [2.45, 2.75) is 51.2 Å². The summed E-state index contributed by atoms with van der Waals surface area (Å²) in [5.41, 5.74) is -1.23. The van der Waals surface area contributed by atoms with Crippen LogP contribution in [-0.4, -0.2) is 34.1 Å². The van der Waals surface area contributed by atoms with Crippen molar-refractivity contribution in [1.82, 2.24) is 4.90 Å². The molecule has 2 unspecified atom stereocenters. The van der Waals surface area contributed by atoms with Crippen LogP contribution in [0, 0.1) is 11.3 Å². The number of likely N-dealkylation sites (tertiary alicyclic amines) is 1. The van der Waals surface area contributed by atoms with E-state index in [1.807, 2.05) is 13.0 Å². The quantitative estimate of drug-likeness (QED) is 0.693. The number of piperidine rings is 1. The van der Waals surface area contributed by atoms with Crippen molar-refractivity contribution < 1.29 is 9.90 Å². The fraction of sp³-hybridized carbons (Fsp3) is 0.818. The summed E-state index contributed by atoms with van der Waals surface area (Å²) < 4.78 is 0. The number of hydrogen-bond acceptors (Lipinski definition) is 3. The van der Waals surface area contributed by atoms with Gasteiger partial charge in [0.1, 0.15) is 0 Å². The molecule has 4 heteroatoms. The average Bonchev–Trinajstić information content (AvgIpc) is 2.18. The number of hydrogen-bond donors (Lipinski definition) is 1. The van der Waals surface area contributed by atoms with Gasteiger partial charge in [-0.05, 0) is 6.42 Å². The minimum Gasteiger partial charge on any atom is -0.375 e. The van der Waals surface area contributed by atoms with Gasteiger partial charge >= 0.3 is 0 Å². The molecule has 0 aromatic rings. The van der Waals surface area contributed by atoms with Crippen LogP contribution in [0.4, 0.5) is 0 Å². The molecule has 1 aliphatic rings. The summed E-state index contributed by atoms with van der Waals surface area (Å²) in [6.45, 7) is 4.07. The zero-order valence-corrected chi connectivity index (χ0v) is 9.36. The number of rotatable bonds is 2. The van der Waals surface area contributed by atoms with Crippen molar-refractivity contribution in [3.8, 4) is 6.07 Å². The molecule has 1 aliphatic heterocycles. The summed E-state index contributed by atoms with van der Waals surface area (Å²) >= 11 is 0. The fourth-order valence-electron chi connectivity index (χ4n) is 2.20. The number of carbonyl (C=O) groups excluding carboxylic acids is 1. The highest BCUT2D eigenvalue weighted by atomic mass is 16.3. The van der Waals surface area contributed by atoms with Crippen LogP contribution in [0.2, 0.25) is 0 Å². The van der Waals surface area contributed by atoms with Gasteiger partial charge in [0.15, 0.2) is 5.60 Å². The van der Waals surface area contributed by atoms with Gasteiger partial charge in [0.25, 0.3) is 0 Å². The molecular weight excluding hydrogens is 192 g/mol. The fourth-order valence-corrected chi connectivity index (χ4v) is 2.20. The maximum Gasteiger partial charge on any atom is 0.219 e. The molecule has 0 aromatic carbocycles. The number of carbonyl (C=O) groups is 1. The zero-order valence-electron chi connectivity index (χ0n) is 9.36. The second-order valence-electron chi connectivity index (χ2n) is 4.25. The Bertz CT molecular complexity index is 285. The average molecular weight is 210 g/mol. The van der Waals surface area contributed by atoms with Gasteiger partial charge in [0.2, 0.25) is 5.91 Å². The highest BCUT2D eigenvalue weighted by molar-refractivity contribution is 5.73. The Labute approximate surface area is 90.5 Å². The SMILES string of the molecule is CCCC1CC(O)(C#N)CCN1C(C)=O. The van der Waals surface area contributed by atoms with E-state index >= 15 is 0 Å². The lowest BCUT2D eigenvalue weighted by Gasteiger charge is -2.40. The van der Waals surface area contributed by atoms with Crippen LogP contribution in [0.25, 0.3) is 0 Å². The molecule has 0 aliphatic carbocycles. The van der Waals surface area contributed by atoms with Gasteiger partial charge in [0, 0.05) is 32.4 Å². The van der Waals surface area contributed by atoms with Gasteiger partial charge in [-0.2, -0.15) is 5.26 Å². The number of nitriles is 1. The van der Waals surface area contributed by atoms with Gasteiger partial charge in [-0.1, -0.05) is 13.3 Å². The van der Waals surface area contributed by atoms with Crippen molar-refractivity contribution in [2.75, 3.05) is 6.54 Å². The van der Waals surface area contributed by atoms with Crippen LogP contribution in [-0.2, 0) is 4.79 Å². The molecule has 84 valence electrons. The third kappa shape index (κ3) is 2.69. The monoisotopic (exact) mass is 210 g/mol. The normalized spacial score (nSPS) is 31.1. The van der Waals surface area contributed by atoms with Gasteiger partial charge in [-0.25, -0.2) is 0 Å². The molecule has 4 nitrogen and oxygen atoms in total. The summed E-state index contributed by atoms with van der Waals surface area (Å²) in [7, 11) is 0. The van der Waals surface area contributed by atoms with Crippen LogP contribution < -0.4 is 0 Å². The van der Waals surface area contributed by atoms with Crippen LogP contribution in [0.5, 0.6) is 0 Å². The molecule has 0 spiro atoms. The van der Waals surface area contributed by atoms with E-state index in [1.54, 1.807) is 11.8 Å². The molecule has 0 bridgehead atoms. The van der Waals surface area contributed by atoms with Gasteiger partial charge in [-0.15, -0.1) is 0 Å². The van der Waals surface area contributed by atoms with E-state index in [2.05, 4.69) is 0 Å². The molecule has 15 heavy (non-hydrogen) atoms. The first-order valence-electron chi connectivity index (χ1n) is 5.43. The molecular formula is C11H18N2O2. The lowest BCUT2D eigenvalue weighted by Crippen LogP contribution is -2.51. The molecule has 1 fully saturated rings. The molecule has 1 heterocycles. The summed E-state index contributed by atoms with van der Waals surface area (Å²) in [6, 6.07) is 1.97. The van der Waals surface area contributed by atoms with Crippen molar-refractivity contribution in [2.24, 2.45) is 0 Å². The predicted octanol–water partition coefficient (Wildman–Crippen LogP) is 1.05. The van der Waals surface area contributed by atoms with E-state index in [0.717, 1.165) is 12.8 Å². The van der Waals surface area contributed by atoms with E-state index in [9.17, 15) is 9.90 Å². The molecule has 0 saturated carbocycles. The Balaban J connectivity index is 2.74. The highest BCUT2D eigenvalue weighted by Crippen LogP contribution is 2.28. The molecule has 0 aromatic heterocycles. The topological polar surface area (TPSA) is 64.3 Å². The number of amides is 1. The second kappa shape index (κ2) is 4.63. The van der Waals surface area contributed by atoms with E-state index in [4.69, 9.17) is 5.26 Å². The first-order valence-corrected chi connectivity index (χ1v) is 5.43. The first kappa shape index (κ1) is 12.0. The number of aliphatic hydroxyl groups is 1. The van der Waals surface area contributed by atoms with Crippen molar-refractivity contribution in [3.05, 3.63) is 0 Å². The minimum atomic E-state index is -1.23. The molecule has 1 rings (SSSR count).